The fraction of sp³-hybridized carbons (Fsp3) is 0.0278. The van der Waals surface area contributed by atoms with Crippen LogP contribution in [0.25, 0.3) is 22.6 Å². The number of rotatable bonds is 10. The van der Waals surface area contributed by atoms with Crippen LogP contribution in [0.3, 0.4) is 0 Å². The Balaban J connectivity index is 1.19. The molecule has 1 heterocycles. The number of amides is 2. The van der Waals surface area contributed by atoms with E-state index in [0.29, 0.717) is 27.7 Å². The molecule has 0 saturated carbocycles. The second-order valence-electron chi connectivity index (χ2n) is 10.3. The van der Waals surface area contributed by atoms with Gasteiger partial charge in [0.2, 0.25) is 11.8 Å². The summed E-state index contributed by atoms with van der Waals surface area (Å²) in [6.45, 7) is 0. The average Bonchev–Trinajstić information content (AvgIpc) is 3.52. The van der Waals surface area contributed by atoms with Crippen LogP contribution in [0.1, 0.15) is 41.9 Å². The minimum Gasteiger partial charge on any atom is -0.478 e. The van der Waals surface area contributed by atoms with Crippen molar-refractivity contribution < 1.29 is 33.8 Å². The molecule has 0 saturated heterocycles. The molecule has 6 aromatic rings. The predicted octanol–water partition coefficient (Wildman–Crippen LogP) is 7.62. The Hall–Kier alpha value is -6.20. The molecule has 2 amide bonds. The number of carboxylic acids is 2. The summed E-state index contributed by atoms with van der Waals surface area (Å²) >= 11 is 1.27. The number of para-hydroxylation sites is 2. The van der Waals surface area contributed by atoms with Crippen LogP contribution in [0.5, 0.6) is 0 Å². The van der Waals surface area contributed by atoms with Crippen LogP contribution in [-0.2, 0) is 4.79 Å². The Morgan fingerprint density at radius 1 is 0.681 bits per heavy atom. The number of fused-ring (bicyclic) bond motifs is 1. The molecule has 0 aliphatic heterocycles. The van der Waals surface area contributed by atoms with Crippen LogP contribution in [0, 0.1) is 0 Å². The molecule has 10 nitrogen and oxygen atoms in total. The average molecular weight is 644 g/mol. The van der Waals surface area contributed by atoms with Crippen LogP contribution in [-0.4, -0.2) is 39.0 Å². The van der Waals surface area contributed by atoms with Crippen molar-refractivity contribution in [1.82, 2.24) is 4.98 Å². The molecule has 0 aliphatic rings. The first-order chi connectivity index (χ1) is 22.7. The van der Waals surface area contributed by atoms with E-state index in [1.807, 2.05) is 66.7 Å². The summed E-state index contributed by atoms with van der Waals surface area (Å²) in [6, 6.07) is 34.0. The summed E-state index contributed by atoms with van der Waals surface area (Å²) in [4.78, 5) is 55.0. The number of carbonyl (C=O) groups excluding carboxylic acids is 2. The van der Waals surface area contributed by atoms with Crippen LogP contribution in [0.2, 0.25) is 0 Å². The van der Waals surface area contributed by atoms with Gasteiger partial charge in [0.25, 0.3) is 5.91 Å². The largest absolute Gasteiger partial charge is 0.478 e. The van der Waals surface area contributed by atoms with Gasteiger partial charge < -0.3 is 25.3 Å². The van der Waals surface area contributed by atoms with Crippen molar-refractivity contribution in [3.05, 3.63) is 144 Å². The van der Waals surface area contributed by atoms with Gasteiger partial charge in [-0.25, -0.2) is 14.6 Å². The lowest BCUT2D eigenvalue weighted by atomic mass is 10.0. The molecular formula is C36H25N3O7S. The fourth-order valence-electron chi connectivity index (χ4n) is 4.83. The standard InChI is InChI=1S/C36H25N3O7S/c40-32(27-18-15-23(35(42)43)19-28(27)36(44)45)38-25-9-6-10-26(20-25)47-31(21-7-2-1-3-8-21)33(41)37-24-16-13-22(14-17-24)34-39-29-11-4-5-12-30(29)46-34/h1-20,31H,(H,37,41)(H,38,40)(H,42,43)(H,44,45). The number of anilines is 2. The molecule has 0 aliphatic carbocycles. The quantitative estimate of drug-likeness (QED) is 0.110. The minimum absolute atomic E-state index is 0.191. The third kappa shape index (κ3) is 7.05. The Morgan fingerprint density at radius 2 is 1.43 bits per heavy atom. The number of thioether (sulfide) groups is 1. The molecule has 1 atom stereocenters. The van der Waals surface area contributed by atoms with E-state index in [9.17, 15) is 29.4 Å². The fourth-order valence-corrected chi connectivity index (χ4v) is 5.92. The normalized spacial score (nSPS) is 11.5. The molecule has 1 aromatic heterocycles. The third-order valence-corrected chi connectivity index (χ3v) is 8.37. The number of hydrogen-bond donors (Lipinski definition) is 4. The SMILES string of the molecule is O=C(O)c1ccc(C(=O)Nc2cccc(SC(C(=O)Nc3ccc(-c4nc5ccccc5o4)cc3)c3ccccc3)c2)c(C(=O)O)c1. The monoisotopic (exact) mass is 643 g/mol. The molecule has 5 aromatic carbocycles. The van der Waals surface area contributed by atoms with Gasteiger partial charge in [-0.15, -0.1) is 11.8 Å². The van der Waals surface area contributed by atoms with Crippen LogP contribution >= 0.6 is 11.8 Å². The molecular weight excluding hydrogens is 618 g/mol. The second kappa shape index (κ2) is 13.4. The number of nitrogens with zero attached hydrogens (tertiary/aromatic N) is 1. The molecule has 1 unspecified atom stereocenters. The first-order valence-electron chi connectivity index (χ1n) is 14.3. The maximum Gasteiger partial charge on any atom is 0.336 e. The maximum absolute atomic E-state index is 13.7. The van der Waals surface area contributed by atoms with Crippen molar-refractivity contribution in [2.45, 2.75) is 10.1 Å². The van der Waals surface area contributed by atoms with Crippen molar-refractivity contribution in [3.63, 3.8) is 0 Å². The smallest absolute Gasteiger partial charge is 0.336 e. The Morgan fingerprint density at radius 3 is 2.15 bits per heavy atom. The summed E-state index contributed by atoms with van der Waals surface area (Å²) in [6.07, 6.45) is 0. The summed E-state index contributed by atoms with van der Waals surface area (Å²) in [5.41, 5.74) is 3.04. The van der Waals surface area contributed by atoms with Crippen LogP contribution < -0.4 is 10.6 Å². The van der Waals surface area contributed by atoms with E-state index in [2.05, 4.69) is 15.6 Å². The number of benzene rings is 5. The van der Waals surface area contributed by atoms with E-state index >= 15 is 0 Å². The summed E-state index contributed by atoms with van der Waals surface area (Å²) in [7, 11) is 0. The highest BCUT2D eigenvalue weighted by Gasteiger charge is 2.23. The lowest BCUT2D eigenvalue weighted by molar-refractivity contribution is -0.115. The van der Waals surface area contributed by atoms with Crippen molar-refractivity contribution in [1.29, 1.82) is 0 Å². The topological polar surface area (TPSA) is 159 Å². The van der Waals surface area contributed by atoms with Crippen molar-refractivity contribution >= 4 is 58.0 Å². The summed E-state index contributed by atoms with van der Waals surface area (Å²) < 4.78 is 5.85. The number of hydrogen-bond acceptors (Lipinski definition) is 7. The van der Waals surface area contributed by atoms with Gasteiger partial charge in [0, 0.05) is 21.8 Å². The van der Waals surface area contributed by atoms with Gasteiger partial charge in [0.1, 0.15) is 10.8 Å². The van der Waals surface area contributed by atoms with Gasteiger partial charge >= 0.3 is 11.9 Å². The highest BCUT2D eigenvalue weighted by Crippen LogP contribution is 2.37. The molecule has 0 spiro atoms. The lowest BCUT2D eigenvalue weighted by Crippen LogP contribution is -2.19. The van der Waals surface area contributed by atoms with Gasteiger partial charge in [0.15, 0.2) is 5.58 Å². The maximum atomic E-state index is 13.7. The minimum atomic E-state index is -1.43. The van der Waals surface area contributed by atoms with Gasteiger partial charge in [-0.1, -0.05) is 48.5 Å². The highest BCUT2D eigenvalue weighted by molar-refractivity contribution is 8.00. The summed E-state index contributed by atoms with van der Waals surface area (Å²) in [5, 5.41) is 23.8. The molecule has 0 bridgehead atoms. The number of carbonyl (C=O) groups is 4. The number of oxazole rings is 1. The van der Waals surface area contributed by atoms with Crippen molar-refractivity contribution in [3.8, 4) is 11.5 Å². The molecule has 6 rings (SSSR count). The molecule has 4 N–H and O–H groups in total. The van der Waals surface area contributed by atoms with Gasteiger partial charge in [-0.05, 0) is 78.4 Å². The van der Waals surface area contributed by atoms with E-state index in [1.165, 1.54) is 17.8 Å². The van der Waals surface area contributed by atoms with E-state index in [0.717, 1.165) is 28.8 Å². The predicted molar refractivity (Wildman–Crippen MR) is 178 cm³/mol. The second-order valence-corrected chi connectivity index (χ2v) is 11.5. The number of nitrogens with one attached hydrogen (secondary N) is 2. The first kappa shape index (κ1) is 30.8. The van der Waals surface area contributed by atoms with Crippen LogP contribution in [0.15, 0.2) is 131 Å². The number of aromatic carboxylic acids is 2. The van der Waals surface area contributed by atoms with E-state index in [4.69, 9.17) is 4.42 Å². The Bertz CT molecular complexity index is 2100. The van der Waals surface area contributed by atoms with E-state index in [1.54, 1.807) is 36.4 Å². The lowest BCUT2D eigenvalue weighted by Gasteiger charge is -2.18. The molecule has 11 heteroatoms. The molecule has 232 valence electrons. The van der Waals surface area contributed by atoms with Gasteiger partial charge in [-0.3, -0.25) is 9.59 Å². The van der Waals surface area contributed by atoms with Crippen LogP contribution in [0.4, 0.5) is 11.4 Å². The zero-order valence-electron chi connectivity index (χ0n) is 24.4. The van der Waals surface area contributed by atoms with E-state index in [-0.39, 0.29) is 17.0 Å². The first-order valence-corrected chi connectivity index (χ1v) is 15.1. The molecule has 47 heavy (non-hydrogen) atoms. The third-order valence-electron chi connectivity index (χ3n) is 7.12. The molecule has 0 fully saturated rings. The van der Waals surface area contributed by atoms with Gasteiger partial charge in [0.05, 0.1) is 16.7 Å². The zero-order valence-corrected chi connectivity index (χ0v) is 25.2. The Labute approximate surface area is 272 Å². The Kier molecular flexibility index (Phi) is 8.80. The molecule has 0 radical (unpaired) electrons. The van der Waals surface area contributed by atoms with Gasteiger partial charge in [-0.2, -0.15) is 0 Å². The van der Waals surface area contributed by atoms with Crippen molar-refractivity contribution in [2.75, 3.05) is 10.6 Å². The number of carboxylic acid groups (broad SMARTS) is 2. The zero-order chi connectivity index (χ0) is 32.9. The highest BCUT2D eigenvalue weighted by atomic mass is 32.2. The number of aromatic nitrogens is 1. The van der Waals surface area contributed by atoms with Crippen molar-refractivity contribution in [2.24, 2.45) is 0 Å². The summed E-state index contributed by atoms with van der Waals surface area (Å²) in [5.74, 6) is -3.25. The van der Waals surface area contributed by atoms with E-state index < -0.39 is 28.7 Å².